The molecule has 3 rings (SSSR count). The highest BCUT2D eigenvalue weighted by atomic mass is 16.5. The molecule has 0 fully saturated rings. The van der Waals surface area contributed by atoms with E-state index in [1.165, 1.54) is 12.8 Å². The molecule has 0 spiro atoms. The van der Waals surface area contributed by atoms with Crippen LogP contribution in [-0.4, -0.2) is 20.9 Å². The number of nitrogens with two attached hydrogens (primary N) is 1. The Morgan fingerprint density at radius 2 is 2.14 bits per heavy atom. The lowest BCUT2D eigenvalue weighted by Gasteiger charge is -2.20. The van der Waals surface area contributed by atoms with Crippen molar-refractivity contribution in [2.24, 2.45) is 0 Å². The Morgan fingerprint density at radius 3 is 2.86 bits per heavy atom. The van der Waals surface area contributed by atoms with Crippen LogP contribution >= 0.6 is 0 Å². The van der Waals surface area contributed by atoms with E-state index in [-0.39, 0.29) is 6.10 Å². The molecule has 1 unspecified atom stereocenters. The van der Waals surface area contributed by atoms with E-state index < -0.39 is 0 Å². The fourth-order valence-corrected chi connectivity index (χ4v) is 2.85. The molecular weight excluding hydrogens is 264 g/mol. The average Bonchev–Trinajstić information content (AvgIpc) is 2.86. The zero-order valence-electron chi connectivity index (χ0n) is 12.8. The van der Waals surface area contributed by atoms with Crippen LogP contribution in [0.4, 0.5) is 5.69 Å². The molecule has 0 bridgehead atoms. The van der Waals surface area contributed by atoms with Crippen LogP contribution in [0.2, 0.25) is 0 Å². The Morgan fingerprint density at radius 1 is 1.33 bits per heavy atom. The van der Waals surface area contributed by atoms with E-state index in [0.717, 1.165) is 29.5 Å². The number of nitrogens with zero attached hydrogens (tertiary/aromatic N) is 3. The summed E-state index contributed by atoms with van der Waals surface area (Å²) in [4.78, 5) is 0. The van der Waals surface area contributed by atoms with Gasteiger partial charge in [-0.25, -0.2) is 0 Å². The van der Waals surface area contributed by atoms with Gasteiger partial charge in [-0.05, 0) is 44.9 Å². The summed E-state index contributed by atoms with van der Waals surface area (Å²) in [5, 5.41) is 8.72. The number of benzene rings is 1. The van der Waals surface area contributed by atoms with Crippen LogP contribution in [0.1, 0.15) is 45.4 Å². The van der Waals surface area contributed by atoms with Crippen LogP contribution in [0.3, 0.4) is 0 Å². The molecule has 21 heavy (non-hydrogen) atoms. The molecule has 2 heterocycles. The minimum Gasteiger partial charge on any atom is -0.489 e. The molecule has 1 aromatic carbocycles. The molecule has 112 valence electrons. The minimum atomic E-state index is 0.111. The van der Waals surface area contributed by atoms with Gasteiger partial charge in [0.05, 0.1) is 11.8 Å². The van der Waals surface area contributed by atoms with E-state index in [0.29, 0.717) is 11.6 Å². The van der Waals surface area contributed by atoms with Crippen molar-refractivity contribution < 1.29 is 4.74 Å². The van der Waals surface area contributed by atoms with Crippen molar-refractivity contribution in [1.29, 1.82) is 0 Å². The van der Waals surface area contributed by atoms with E-state index in [4.69, 9.17) is 10.5 Å². The molecule has 0 saturated heterocycles. The van der Waals surface area contributed by atoms with Crippen LogP contribution < -0.4 is 10.5 Å². The average molecular weight is 286 g/mol. The normalized spacial score (nSPS) is 17.8. The van der Waals surface area contributed by atoms with Crippen LogP contribution in [-0.2, 0) is 6.54 Å². The van der Waals surface area contributed by atoms with Crippen molar-refractivity contribution >= 4 is 5.69 Å². The zero-order valence-corrected chi connectivity index (χ0v) is 12.8. The first-order chi connectivity index (χ1) is 10.1. The molecule has 5 heteroatoms. The molecule has 0 radical (unpaired) electrons. The molecule has 1 atom stereocenters. The number of hydrogen-bond donors (Lipinski definition) is 1. The Balaban J connectivity index is 1.96. The van der Waals surface area contributed by atoms with Gasteiger partial charge in [-0.3, -0.25) is 0 Å². The molecule has 0 saturated carbocycles. The lowest BCUT2D eigenvalue weighted by Crippen LogP contribution is -2.14. The molecule has 1 aliphatic rings. The smallest absolute Gasteiger partial charge is 0.164 e. The third-order valence-electron chi connectivity index (χ3n) is 3.87. The van der Waals surface area contributed by atoms with Gasteiger partial charge in [0.1, 0.15) is 11.6 Å². The topological polar surface area (TPSA) is 66.0 Å². The number of rotatable bonds is 3. The van der Waals surface area contributed by atoms with Gasteiger partial charge in [0.25, 0.3) is 0 Å². The van der Waals surface area contributed by atoms with Crippen molar-refractivity contribution in [3.05, 3.63) is 24.0 Å². The molecule has 5 nitrogen and oxygen atoms in total. The third-order valence-corrected chi connectivity index (χ3v) is 3.87. The lowest BCUT2D eigenvalue weighted by atomic mass is 10.0. The highest BCUT2D eigenvalue weighted by Crippen LogP contribution is 2.32. The zero-order chi connectivity index (χ0) is 15.0. The summed E-state index contributed by atoms with van der Waals surface area (Å²) in [6.07, 6.45) is 2.46. The first-order valence-corrected chi connectivity index (χ1v) is 7.56. The van der Waals surface area contributed by atoms with Gasteiger partial charge >= 0.3 is 0 Å². The molecule has 0 aliphatic carbocycles. The van der Waals surface area contributed by atoms with E-state index in [1.807, 2.05) is 32.0 Å². The molecular formula is C16H22N4O. The van der Waals surface area contributed by atoms with Crippen LogP contribution in [0, 0.1) is 0 Å². The summed E-state index contributed by atoms with van der Waals surface area (Å²) in [7, 11) is 0. The fourth-order valence-electron chi connectivity index (χ4n) is 2.85. The van der Waals surface area contributed by atoms with Crippen molar-refractivity contribution in [2.75, 3.05) is 5.73 Å². The van der Waals surface area contributed by atoms with Crippen LogP contribution in [0.5, 0.6) is 5.75 Å². The van der Waals surface area contributed by atoms with Crippen molar-refractivity contribution in [2.45, 2.75) is 52.2 Å². The van der Waals surface area contributed by atoms with Gasteiger partial charge in [-0.15, -0.1) is 10.2 Å². The second-order valence-electron chi connectivity index (χ2n) is 6.00. The molecule has 2 aromatic rings. The maximum atomic E-state index is 6.10. The summed E-state index contributed by atoms with van der Waals surface area (Å²) >= 11 is 0. The van der Waals surface area contributed by atoms with Gasteiger partial charge in [0.15, 0.2) is 5.82 Å². The number of aromatic nitrogens is 3. The van der Waals surface area contributed by atoms with Gasteiger partial charge < -0.3 is 15.0 Å². The standard InChI is InChI=1S/C16H22N4O/c1-10(2)21-14-7-6-12(9-13(14)17)16-19-18-15-11(3)5-4-8-20(15)16/h6-7,9-11H,4-5,8,17H2,1-3H3. The maximum Gasteiger partial charge on any atom is 0.164 e. The van der Waals surface area contributed by atoms with Gasteiger partial charge in [-0.2, -0.15) is 0 Å². The monoisotopic (exact) mass is 286 g/mol. The Labute approximate surface area is 125 Å². The summed E-state index contributed by atoms with van der Waals surface area (Å²) in [5.41, 5.74) is 7.73. The first kappa shape index (κ1) is 13.9. The maximum absolute atomic E-state index is 6.10. The number of nitrogen functional groups attached to an aromatic ring is 1. The van der Waals surface area contributed by atoms with E-state index in [1.54, 1.807) is 0 Å². The highest BCUT2D eigenvalue weighted by Gasteiger charge is 2.22. The van der Waals surface area contributed by atoms with Gasteiger partial charge in [0, 0.05) is 18.0 Å². The third kappa shape index (κ3) is 2.60. The molecule has 2 N–H and O–H groups in total. The number of anilines is 1. The molecule has 1 aromatic heterocycles. The SMILES string of the molecule is CC(C)Oc1ccc(-c2nnc3n2CCCC3C)cc1N. The molecule has 1 aliphatic heterocycles. The highest BCUT2D eigenvalue weighted by molar-refractivity contribution is 5.66. The minimum absolute atomic E-state index is 0.111. The fraction of sp³-hybridized carbons (Fsp3) is 0.500. The lowest BCUT2D eigenvalue weighted by molar-refractivity contribution is 0.244. The number of ether oxygens (including phenoxy) is 1. The van der Waals surface area contributed by atoms with Gasteiger partial charge in [0.2, 0.25) is 0 Å². The largest absolute Gasteiger partial charge is 0.489 e. The Bertz CT molecular complexity index is 648. The van der Waals surface area contributed by atoms with Crippen molar-refractivity contribution in [3.8, 4) is 17.1 Å². The second-order valence-corrected chi connectivity index (χ2v) is 6.00. The van der Waals surface area contributed by atoms with Crippen LogP contribution in [0.25, 0.3) is 11.4 Å². The van der Waals surface area contributed by atoms with Crippen molar-refractivity contribution in [3.63, 3.8) is 0 Å². The number of hydrogen-bond acceptors (Lipinski definition) is 4. The van der Waals surface area contributed by atoms with Crippen LogP contribution in [0.15, 0.2) is 18.2 Å². The van der Waals surface area contributed by atoms with E-state index in [2.05, 4.69) is 21.7 Å². The van der Waals surface area contributed by atoms with Crippen molar-refractivity contribution in [1.82, 2.24) is 14.8 Å². The van der Waals surface area contributed by atoms with Gasteiger partial charge in [-0.1, -0.05) is 6.92 Å². The number of fused-ring (bicyclic) bond motifs is 1. The predicted octanol–water partition coefficient (Wildman–Crippen LogP) is 3.21. The van der Waals surface area contributed by atoms with E-state index in [9.17, 15) is 0 Å². The summed E-state index contributed by atoms with van der Waals surface area (Å²) < 4.78 is 7.89. The van der Waals surface area contributed by atoms with E-state index >= 15 is 0 Å². The molecule has 0 amide bonds. The summed E-state index contributed by atoms with van der Waals surface area (Å²) in [6.45, 7) is 7.16. The summed E-state index contributed by atoms with van der Waals surface area (Å²) in [5.74, 6) is 3.18. The Hall–Kier alpha value is -2.04. The Kier molecular flexibility index (Phi) is 3.57. The first-order valence-electron chi connectivity index (χ1n) is 7.56. The second kappa shape index (κ2) is 5.39. The predicted molar refractivity (Wildman–Crippen MR) is 83.3 cm³/mol. The summed E-state index contributed by atoms with van der Waals surface area (Å²) in [6, 6.07) is 5.84. The quantitative estimate of drug-likeness (QED) is 0.880.